The van der Waals surface area contributed by atoms with Crippen molar-refractivity contribution >= 4 is 5.91 Å². The summed E-state index contributed by atoms with van der Waals surface area (Å²) in [5.74, 6) is 0.131. The second-order valence-electron chi connectivity index (χ2n) is 7.28. The van der Waals surface area contributed by atoms with Crippen LogP contribution in [0.1, 0.15) is 63.5 Å². The Labute approximate surface area is 127 Å². The summed E-state index contributed by atoms with van der Waals surface area (Å²) in [5, 5.41) is 3.24. The minimum Gasteiger partial charge on any atom is -0.353 e. The number of amides is 1. The van der Waals surface area contributed by atoms with E-state index in [2.05, 4.69) is 17.4 Å². The average Bonchev–Trinajstić information content (AvgIpc) is 3.00. The predicted octanol–water partition coefficient (Wildman–Crippen LogP) is 2.97. The van der Waals surface area contributed by atoms with Crippen molar-refractivity contribution in [1.29, 1.82) is 0 Å². The topological polar surface area (TPSA) is 55.1 Å². The van der Waals surface area contributed by atoms with Crippen LogP contribution in [0.25, 0.3) is 0 Å². The molecular weight excluding hydrogens is 260 g/mol. The third-order valence-corrected chi connectivity index (χ3v) is 5.18. The second kappa shape index (κ2) is 5.13. The van der Waals surface area contributed by atoms with Crippen molar-refractivity contribution in [3.8, 4) is 0 Å². The molecule has 114 valence electrons. The van der Waals surface area contributed by atoms with Crippen molar-refractivity contribution in [3.63, 3.8) is 0 Å². The van der Waals surface area contributed by atoms with E-state index in [9.17, 15) is 4.79 Å². The molecule has 2 saturated carbocycles. The molecule has 3 heteroatoms. The number of rotatable bonds is 4. The summed E-state index contributed by atoms with van der Waals surface area (Å²) in [6.07, 6.45) is 6.73. The van der Waals surface area contributed by atoms with Gasteiger partial charge in [0.05, 0.1) is 5.41 Å². The lowest BCUT2D eigenvalue weighted by molar-refractivity contribution is -0.126. The highest BCUT2D eigenvalue weighted by molar-refractivity contribution is 5.88. The van der Waals surface area contributed by atoms with Crippen LogP contribution in [0.4, 0.5) is 0 Å². The van der Waals surface area contributed by atoms with E-state index >= 15 is 0 Å². The van der Waals surface area contributed by atoms with Crippen molar-refractivity contribution in [2.45, 2.75) is 69.4 Å². The fourth-order valence-corrected chi connectivity index (χ4v) is 3.42. The molecule has 3 rings (SSSR count). The molecule has 2 aliphatic rings. The normalized spacial score (nSPS) is 21.3. The van der Waals surface area contributed by atoms with Crippen LogP contribution in [-0.4, -0.2) is 11.9 Å². The summed E-state index contributed by atoms with van der Waals surface area (Å²) in [7, 11) is 0. The molecule has 0 atom stereocenters. The van der Waals surface area contributed by atoms with Crippen LogP contribution in [-0.2, 0) is 15.7 Å². The van der Waals surface area contributed by atoms with Crippen LogP contribution in [0.2, 0.25) is 0 Å². The molecule has 1 aromatic rings. The number of nitrogens with two attached hydrogens (primary N) is 1. The molecule has 0 bridgehead atoms. The lowest BCUT2D eigenvalue weighted by Gasteiger charge is -2.30. The number of nitrogens with one attached hydrogen (secondary N) is 1. The van der Waals surface area contributed by atoms with Gasteiger partial charge in [-0.25, -0.2) is 0 Å². The van der Waals surface area contributed by atoms with Gasteiger partial charge in [-0.05, 0) is 50.7 Å². The molecule has 2 fully saturated rings. The molecule has 3 N–H and O–H groups in total. The van der Waals surface area contributed by atoms with Crippen molar-refractivity contribution in [2.75, 3.05) is 0 Å². The van der Waals surface area contributed by atoms with Gasteiger partial charge >= 0.3 is 0 Å². The third-order valence-electron chi connectivity index (χ3n) is 5.18. The Hall–Kier alpha value is -1.35. The molecule has 0 aromatic heterocycles. The molecule has 0 radical (unpaired) electrons. The molecule has 2 aliphatic carbocycles. The van der Waals surface area contributed by atoms with Gasteiger partial charge in [-0.2, -0.15) is 0 Å². The number of carbonyl (C=O) groups excluding carboxylic acids is 1. The first-order chi connectivity index (χ1) is 9.93. The van der Waals surface area contributed by atoms with Gasteiger partial charge in [0.2, 0.25) is 5.91 Å². The number of carbonyl (C=O) groups is 1. The van der Waals surface area contributed by atoms with Crippen molar-refractivity contribution in [3.05, 3.63) is 35.4 Å². The summed E-state index contributed by atoms with van der Waals surface area (Å²) >= 11 is 0. The molecule has 21 heavy (non-hydrogen) atoms. The Kier molecular flexibility index (Phi) is 3.56. The van der Waals surface area contributed by atoms with E-state index in [1.807, 2.05) is 26.0 Å². The summed E-state index contributed by atoms with van der Waals surface area (Å²) in [4.78, 5) is 12.8. The van der Waals surface area contributed by atoms with Gasteiger partial charge in [-0.15, -0.1) is 0 Å². The molecule has 0 spiro atoms. The molecule has 1 aromatic carbocycles. The van der Waals surface area contributed by atoms with Crippen LogP contribution in [0, 0.1) is 0 Å². The average molecular weight is 286 g/mol. The molecular formula is C18H26N2O. The van der Waals surface area contributed by atoms with E-state index in [1.54, 1.807) is 0 Å². The minimum atomic E-state index is -0.534. The van der Waals surface area contributed by atoms with E-state index in [4.69, 9.17) is 5.73 Å². The summed E-state index contributed by atoms with van der Waals surface area (Å²) < 4.78 is 0. The number of hydrogen-bond acceptors (Lipinski definition) is 2. The smallest absolute Gasteiger partial charge is 0.230 e. The zero-order chi connectivity index (χ0) is 15.1. The highest BCUT2D eigenvalue weighted by atomic mass is 16.2. The summed E-state index contributed by atoms with van der Waals surface area (Å²) in [6.45, 7) is 4.03. The van der Waals surface area contributed by atoms with Gasteiger partial charge < -0.3 is 11.1 Å². The lowest BCUT2D eigenvalue weighted by atomic mass is 9.78. The van der Waals surface area contributed by atoms with E-state index in [0.29, 0.717) is 6.04 Å². The molecule has 0 heterocycles. The Morgan fingerprint density at radius 2 is 1.86 bits per heavy atom. The van der Waals surface area contributed by atoms with Gasteiger partial charge in [-0.1, -0.05) is 37.1 Å². The molecule has 0 saturated heterocycles. The van der Waals surface area contributed by atoms with Crippen molar-refractivity contribution in [1.82, 2.24) is 5.32 Å². The van der Waals surface area contributed by atoms with Crippen LogP contribution in [0.3, 0.4) is 0 Å². The Balaban J connectivity index is 1.85. The highest BCUT2D eigenvalue weighted by Gasteiger charge is 2.45. The maximum absolute atomic E-state index is 12.8. The third kappa shape index (κ3) is 2.71. The number of benzene rings is 1. The van der Waals surface area contributed by atoms with Crippen molar-refractivity contribution < 1.29 is 4.79 Å². The van der Waals surface area contributed by atoms with Crippen molar-refractivity contribution in [2.24, 2.45) is 5.73 Å². The molecule has 0 aliphatic heterocycles. The summed E-state index contributed by atoms with van der Waals surface area (Å²) in [5.41, 5.74) is 7.89. The fourth-order valence-electron chi connectivity index (χ4n) is 3.42. The SMILES string of the molecule is CC(C)(C(=O)NC1CCCC1)c1ccccc1C1(N)CC1. The standard InChI is InChI=1S/C18H26N2O/c1-17(2,16(21)20-13-7-3-4-8-13)14-9-5-6-10-15(14)18(19)11-12-18/h5-6,9-10,13H,3-4,7-8,11-12,19H2,1-2H3,(H,20,21). The molecule has 1 amide bonds. The molecule has 3 nitrogen and oxygen atoms in total. The van der Waals surface area contributed by atoms with E-state index in [0.717, 1.165) is 36.8 Å². The van der Waals surface area contributed by atoms with Gasteiger partial charge in [0.25, 0.3) is 0 Å². The zero-order valence-electron chi connectivity index (χ0n) is 13.1. The monoisotopic (exact) mass is 286 g/mol. The van der Waals surface area contributed by atoms with Gasteiger partial charge in [-0.3, -0.25) is 4.79 Å². The Morgan fingerprint density at radius 3 is 2.48 bits per heavy atom. The Bertz CT molecular complexity index is 540. The fraction of sp³-hybridized carbons (Fsp3) is 0.611. The van der Waals surface area contributed by atoms with Crippen LogP contribution in [0.5, 0.6) is 0 Å². The predicted molar refractivity (Wildman–Crippen MR) is 85.0 cm³/mol. The zero-order valence-corrected chi connectivity index (χ0v) is 13.1. The van der Waals surface area contributed by atoms with Gasteiger partial charge in [0.15, 0.2) is 0 Å². The largest absolute Gasteiger partial charge is 0.353 e. The quantitative estimate of drug-likeness (QED) is 0.894. The van der Waals surface area contributed by atoms with Crippen LogP contribution >= 0.6 is 0 Å². The lowest BCUT2D eigenvalue weighted by Crippen LogP contribution is -2.45. The van der Waals surface area contributed by atoms with Gasteiger partial charge in [0, 0.05) is 11.6 Å². The first-order valence-corrected chi connectivity index (χ1v) is 8.13. The minimum absolute atomic E-state index is 0.131. The Morgan fingerprint density at radius 1 is 1.24 bits per heavy atom. The van der Waals surface area contributed by atoms with E-state index < -0.39 is 5.41 Å². The highest BCUT2D eigenvalue weighted by Crippen LogP contribution is 2.46. The van der Waals surface area contributed by atoms with E-state index in [-0.39, 0.29) is 11.4 Å². The first kappa shape index (κ1) is 14.6. The first-order valence-electron chi connectivity index (χ1n) is 8.13. The van der Waals surface area contributed by atoms with Gasteiger partial charge in [0.1, 0.15) is 0 Å². The van der Waals surface area contributed by atoms with E-state index in [1.165, 1.54) is 12.8 Å². The number of hydrogen-bond donors (Lipinski definition) is 2. The maximum Gasteiger partial charge on any atom is 0.230 e. The maximum atomic E-state index is 12.8. The second-order valence-corrected chi connectivity index (χ2v) is 7.28. The van der Waals surface area contributed by atoms with Crippen LogP contribution < -0.4 is 11.1 Å². The molecule has 0 unspecified atom stereocenters. The summed E-state index contributed by atoms with van der Waals surface area (Å²) in [6, 6.07) is 8.55. The van der Waals surface area contributed by atoms with Crippen LogP contribution in [0.15, 0.2) is 24.3 Å².